The molecule has 0 aliphatic carbocycles. The molecule has 0 spiro atoms. The van der Waals surface area contributed by atoms with E-state index in [4.69, 9.17) is 9.84 Å². The van der Waals surface area contributed by atoms with Crippen molar-refractivity contribution in [2.45, 2.75) is 74.6 Å². The number of anilines is 4. The second-order valence-electron chi connectivity index (χ2n) is 31.4. The highest BCUT2D eigenvalue weighted by Crippen LogP contribution is 2.31. The number of fused-ring (bicyclic) bond motifs is 1. The maximum absolute atomic E-state index is 13.8. The molecule has 0 unspecified atom stereocenters. The number of rotatable bonds is 18. The van der Waals surface area contributed by atoms with E-state index in [2.05, 4.69) is 87.1 Å². The third kappa shape index (κ3) is 20.7. The van der Waals surface area contributed by atoms with Crippen molar-refractivity contribution < 1.29 is 41.5 Å². The Hall–Kier alpha value is -14.5. The van der Waals surface area contributed by atoms with Crippen LogP contribution in [0.5, 0.6) is 5.75 Å². The second kappa shape index (κ2) is 39.3. The number of piperazine rings is 4. The number of aromatic amines is 1. The Morgan fingerprint density at radius 1 is 0.381 bits per heavy atom. The summed E-state index contributed by atoms with van der Waals surface area (Å²) in [7, 11) is 1.58. The van der Waals surface area contributed by atoms with Crippen molar-refractivity contribution in [3.63, 3.8) is 0 Å². The number of carbonyl (C=O) groups is 4. The Morgan fingerprint density at radius 3 is 1.18 bits per heavy atom. The number of hydrogen-bond donors (Lipinski definition) is 1. The molecular formula is C93H98F4N24O5. The molecule has 18 rings (SSSR count). The van der Waals surface area contributed by atoms with Crippen LogP contribution in [0.1, 0.15) is 39.3 Å². The number of amides is 4. The number of aryl methyl sites for hydroxylation is 7. The van der Waals surface area contributed by atoms with Gasteiger partial charge in [0.15, 0.2) is 23.0 Å². The smallest absolute Gasteiger partial charge is 0.244 e. The summed E-state index contributed by atoms with van der Waals surface area (Å²) in [4.78, 5) is 92.3. The summed E-state index contributed by atoms with van der Waals surface area (Å²) in [6.07, 6.45) is 8.05. The van der Waals surface area contributed by atoms with Crippen LogP contribution in [0.15, 0.2) is 201 Å². The van der Waals surface area contributed by atoms with Crippen molar-refractivity contribution in [1.82, 2.24) is 98.8 Å². The Morgan fingerprint density at radius 2 is 0.770 bits per heavy atom. The van der Waals surface area contributed by atoms with Crippen molar-refractivity contribution in [3.05, 3.63) is 264 Å². The first kappa shape index (κ1) is 86.4. The summed E-state index contributed by atoms with van der Waals surface area (Å²) in [5.41, 5.74) is 15.7. The van der Waals surface area contributed by atoms with E-state index in [1.807, 2.05) is 125 Å². The van der Waals surface area contributed by atoms with Crippen LogP contribution in [-0.4, -0.2) is 234 Å². The van der Waals surface area contributed by atoms with Crippen molar-refractivity contribution in [2.75, 3.05) is 131 Å². The molecule has 4 aliphatic heterocycles. The van der Waals surface area contributed by atoms with Gasteiger partial charge in [-0.2, -0.15) is 25.5 Å². The van der Waals surface area contributed by atoms with Gasteiger partial charge in [0.25, 0.3) is 0 Å². The standard InChI is InChI=1S/C28H27FN4O.C22H23FN8O.C22H25FN6O2.C21H23FN6O/c1-21-18-23(12-13-25(21)29)26-19-27(22-8-4-2-5-9-22)33(30-26)20-28(34)32-16-14-31(15-17-32)24-10-6-3-7-11-24;1-14-9-16(3-4-17(14)23)18-10-15(2)31(28-18)11-19(32)29-5-7-30(8-6-29)22-20-21(25-12-24-20)26-13-27-22;1-15-10-17(4-5-19(15)23)20-11-16(2)29(26-20)14-21(30)27-6-8-28(9-7-27)22-24-12-18(31-3)13-25-22;1-15-12-17(5-6-18(15)22)19-13-16(2)28(25-19)14-21(29)27-10-8-26(9-11-27)20-4-3-7-23-24-20/h2-13,18-19H,14-17,20H2,1H3;3-4,9-10,12-13H,5-8,11H2,1-2H3,(H,24,25,26,27);4-5,10-13H,6-9,14H2,1-3H3;3-7,12-13H,8-11,14H2,1-2H3. The van der Waals surface area contributed by atoms with Crippen molar-refractivity contribution in [3.8, 4) is 62.0 Å². The van der Waals surface area contributed by atoms with E-state index in [-0.39, 0.29) is 73.1 Å². The summed E-state index contributed by atoms with van der Waals surface area (Å²) in [5.74, 6) is 2.06. The largest absolute Gasteiger partial charge is 0.494 e. The quantitative estimate of drug-likeness (QED) is 0.0781. The van der Waals surface area contributed by atoms with E-state index in [1.165, 1.54) is 36.3 Å². The van der Waals surface area contributed by atoms with Gasteiger partial charge >= 0.3 is 0 Å². The SMILES string of the molecule is COc1cnc(N2CCN(C(=O)Cn3nc(-c4ccc(F)c(C)c4)cc3C)CC2)nc1.Cc1cc(-c2cc(-c3ccccc3)n(CC(=O)N3CCN(c4ccccc4)CC3)n2)ccc1F.Cc1cc(-c2cc(C)n(CC(=O)N3CCN(c4cccnn4)CC3)n2)ccc1F.Cc1cc(-c2cc(C)n(CC(=O)N3CCN(c4ncnc5nc[nH]c45)CC3)n2)ccc1F. The second-order valence-corrected chi connectivity index (χ2v) is 31.4. The molecule has 4 amide bonds. The van der Waals surface area contributed by atoms with E-state index in [1.54, 1.807) is 127 Å². The van der Waals surface area contributed by atoms with Crippen LogP contribution in [0.2, 0.25) is 0 Å². The number of methoxy groups -OCH3 is 1. The highest BCUT2D eigenvalue weighted by atomic mass is 19.1. The van der Waals surface area contributed by atoms with E-state index < -0.39 is 0 Å². The monoisotopic (exact) mass is 1710 g/mol. The number of H-pyrrole nitrogens is 1. The first-order valence-electron chi connectivity index (χ1n) is 41.8. The van der Waals surface area contributed by atoms with Gasteiger partial charge in [-0.15, -0.1) is 5.10 Å². The van der Waals surface area contributed by atoms with Gasteiger partial charge in [-0.25, -0.2) is 42.5 Å². The fourth-order valence-corrected chi connectivity index (χ4v) is 15.5. The summed E-state index contributed by atoms with van der Waals surface area (Å²) in [6.45, 7) is 24.1. The summed E-state index contributed by atoms with van der Waals surface area (Å²) in [5, 5.41) is 26.5. The first-order valence-corrected chi connectivity index (χ1v) is 41.8. The molecule has 1 N–H and O–H groups in total. The van der Waals surface area contributed by atoms with Crippen LogP contribution in [0, 0.1) is 71.7 Å². The van der Waals surface area contributed by atoms with Crippen LogP contribution in [0.4, 0.5) is 40.8 Å². The Bertz CT molecular complexity index is 6130. The van der Waals surface area contributed by atoms with Crippen molar-refractivity contribution in [1.29, 1.82) is 0 Å². The molecule has 0 bridgehead atoms. The number of para-hydroxylation sites is 1. The molecule has 4 saturated heterocycles. The lowest BCUT2D eigenvalue weighted by Gasteiger charge is -2.36. The van der Waals surface area contributed by atoms with Crippen LogP contribution in [0.25, 0.3) is 67.5 Å². The average molecular weight is 1710 g/mol. The van der Waals surface area contributed by atoms with Crippen LogP contribution in [-0.2, 0) is 45.4 Å². The van der Waals surface area contributed by atoms with Gasteiger partial charge in [0, 0.05) is 156 Å². The van der Waals surface area contributed by atoms with Gasteiger partial charge < -0.3 is 48.9 Å². The van der Waals surface area contributed by atoms with Gasteiger partial charge in [0.1, 0.15) is 61.3 Å². The molecule has 12 heterocycles. The van der Waals surface area contributed by atoms with Crippen LogP contribution >= 0.6 is 0 Å². The Balaban J connectivity index is 0.000000130. The van der Waals surface area contributed by atoms with E-state index in [0.717, 1.165) is 117 Å². The third-order valence-electron chi connectivity index (χ3n) is 22.9. The maximum atomic E-state index is 13.8. The van der Waals surface area contributed by atoms with Gasteiger partial charge in [-0.05, 0) is 198 Å². The molecule has 4 aliphatic rings. The highest BCUT2D eigenvalue weighted by Gasteiger charge is 2.30. The van der Waals surface area contributed by atoms with E-state index in [0.29, 0.717) is 118 Å². The number of hydrogen-bond acceptors (Lipinski definition) is 20. The van der Waals surface area contributed by atoms with Gasteiger partial charge in [0.2, 0.25) is 29.6 Å². The molecule has 4 fully saturated rings. The fourth-order valence-electron chi connectivity index (χ4n) is 15.5. The number of benzene rings is 6. The van der Waals surface area contributed by atoms with Gasteiger partial charge in [-0.1, -0.05) is 48.5 Å². The lowest BCUT2D eigenvalue weighted by atomic mass is 10.1. The number of halogens is 4. The van der Waals surface area contributed by atoms with Gasteiger partial charge in [-0.3, -0.25) is 37.9 Å². The molecular weight excluding hydrogens is 1610 g/mol. The zero-order valence-corrected chi connectivity index (χ0v) is 71.5. The molecule has 0 atom stereocenters. The molecule has 29 nitrogen and oxygen atoms in total. The molecule has 0 saturated carbocycles. The Labute approximate surface area is 726 Å². The van der Waals surface area contributed by atoms with Gasteiger partial charge in [0.05, 0.1) is 54.3 Å². The fraction of sp³-hybridized carbons (Fsp3) is 0.301. The van der Waals surface area contributed by atoms with Crippen molar-refractivity contribution >= 4 is 58.1 Å². The third-order valence-corrected chi connectivity index (χ3v) is 22.9. The molecule has 648 valence electrons. The summed E-state index contributed by atoms with van der Waals surface area (Å²) in [6, 6.07) is 51.5. The lowest BCUT2D eigenvalue weighted by molar-refractivity contribution is -0.133. The number of nitrogens with zero attached hydrogens (tertiary/aromatic N) is 23. The number of ether oxygens (including phenoxy) is 1. The highest BCUT2D eigenvalue weighted by molar-refractivity contribution is 5.84. The van der Waals surface area contributed by atoms with Crippen molar-refractivity contribution in [2.24, 2.45) is 0 Å². The molecule has 126 heavy (non-hydrogen) atoms. The minimum absolute atomic E-state index is 0.0170. The first-order chi connectivity index (χ1) is 61.0. The number of imidazole rings is 1. The zero-order valence-electron chi connectivity index (χ0n) is 71.5. The molecule has 33 heteroatoms. The average Bonchev–Trinajstić information content (AvgIpc) is 1.62. The zero-order chi connectivity index (χ0) is 88.1. The predicted octanol–water partition coefficient (Wildman–Crippen LogP) is 12.2. The number of aromatic nitrogens is 16. The molecule has 8 aromatic heterocycles. The number of nitrogens with one attached hydrogen (secondary N) is 1. The minimum atomic E-state index is -0.241. The maximum Gasteiger partial charge on any atom is 0.244 e. The van der Waals surface area contributed by atoms with Crippen LogP contribution in [0.3, 0.4) is 0 Å². The van der Waals surface area contributed by atoms with E-state index in [9.17, 15) is 36.7 Å². The molecule has 14 aromatic rings. The molecule has 6 aromatic carbocycles. The van der Waals surface area contributed by atoms with Crippen LogP contribution < -0.4 is 24.3 Å². The lowest BCUT2D eigenvalue weighted by Crippen LogP contribution is -2.50. The minimum Gasteiger partial charge on any atom is -0.494 e. The normalized spacial score (nSPS) is 14.1. The number of carbonyl (C=O) groups excluding carboxylic acids is 4. The topological polar surface area (TPSA) is 281 Å². The van der Waals surface area contributed by atoms with E-state index >= 15 is 0 Å². The molecule has 0 radical (unpaired) electrons. The summed E-state index contributed by atoms with van der Waals surface area (Å²) < 4.78 is 66.5. The predicted molar refractivity (Wildman–Crippen MR) is 473 cm³/mol. The summed E-state index contributed by atoms with van der Waals surface area (Å²) >= 11 is 0. The Kier molecular flexibility index (Phi) is 27.0.